The van der Waals surface area contributed by atoms with Gasteiger partial charge in [-0.1, -0.05) is 26.7 Å². The van der Waals surface area contributed by atoms with E-state index in [1.54, 1.807) is 0 Å². The van der Waals surface area contributed by atoms with Crippen molar-refractivity contribution in [3.05, 3.63) is 0 Å². The second-order valence-corrected chi connectivity index (χ2v) is 7.38. The lowest BCUT2D eigenvalue weighted by Gasteiger charge is -2.30. The average Bonchev–Trinajstić information content (AvgIpc) is 3.17. The lowest BCUT2D eigenvalue weighted by atomic mass is 9.96. The monoisotopic (exact) mass is 287 g/mol. The molecule has 0 aliphatic heterocycles. The Morgan fingerprint density at radius 3 is 2.68 bits per heavy atom. The van der Waals surface area contributed by atoms with Crippen LogP contribution in [0, 0.1) is 0 Å². The minimum absolute atomic E-state index is 0.125. The van der Waals surface area contributed by atoms with Crippen molar-refractivity contribution in [2.24, 2.45) is 0 Å². The Morgan fingerprint density at radius 2 is 2.16 bits per heavy atom. The van der Waals surface area contributed by atoms with Crippen LogP contribution in [-0.2, 0) is 9.53 Å². The Balaban J connectivity index is 2.39. The molecule has 0 aromatic heterocycles. The first-order chi connectivity index (χ1) is 9.01. The van der Waals surface area contributed by atoms with Crippen molar-refractivity contribution in [1.29, 1.82) is 0 Å². The van der Waals surface area contributed by atoms with E-state index in [2.05, 4.69) is 19.2 Å². The average molecular weight is 287 g/mol. The van der Waals surface area contributed by atoms with Gasteiger partial charge in [0.2, 0.25) is 0 Å². The molecule has 1 aliphatic carbocycles. The zero-order valence-corrected chi connectivity index (χ0v) is 13.6. The molecule has 4 heteroatoms. The first-order valence-electron chi connectivity index (χ1n) is 7.49. The van der Waals surface area contributed by atoms with Crippen LogP contribution < -0.4 is 5.32 Å². The predicted molar refractivity (Wildman–Crippen MR) is 82.6 cm³/mol. The van der Waals surface area contributed by atoms with Gasteiger partial charge in [0.15, 0.2) is 0 Å². The number of thioether (sulfide) groups is 1. The summed E-state index contributed by atoms with van der Waals surface area (Å²) in [6.07, 6.45) is 7.05. The van der Waals surface area contributed by atoms with E-state index in [1.807, 2.05) is 18.7 Å². The summed E-state index contributed by atoms with van der Waals surface area (Å²) in [6.45, 7) is 6.43. The minimum atomic E-state index is -0.521. The number of hydrogen-bond donors (Lipinski definition) is 1. The van der Waals surface area contributed by atoms with Gasteiger partial charge in [-0.25, -0.2) is 0 Å². The van der Waals surface area contributed by atoms with Crippen molar-refractivity contribution in [2.75, 3.05) is 12.9 Å². The molecule has 2 unspecified atom stereocenters. The molecule has 19 heavy (non-hydrogen) atoms. The van der Waals surface area contributed by atoms with Crippen LogP contribution in [0.4, 0.5) is 0 Å². The maximum Gasteiger partial charge on any atom is 0.325 e. The van der Waals surface area contributed by atoms with Gasteiger partial charge in [0.25, 0.3) is 0 Å². The molecule has 112 valence electrons. The summed E-state index contributed by atoms with van der Waals surface area (Å²) < 4.78 is 4.98. The summed E-state index contributed by atoms with van der Waals surface area (Å²) in [5.74, 6) is 1.07. The van der Waals surface area contributed by atoms with E-state index in [1.165, 1.54) is 45.0 Å². The quantitative estimate of drug-likeness (QED) is 0.494. The molecule has 0 heterocycles. The van der Waals surface area contributed by atoms with Crippen LogP contribution in [0.5, 0.6) is 0 Å². The van der Waals surface area contributed by atoms with E-state index in [4.69, 9.17) is 4.74 Å². The van der Waals surface area contributed by atoms with Gasteiger partial charge in [0, 0.05) is 11.3 Å². The molecule has 0 aromatic rings. The molecule has 0 spiro atoms. The third-order valence-electron chi connectivity index (χ3n) is 3.58. The largest absolute Gasteiger partial charge is 0.468 e. The zero-order chi connectivity index (χ0) is 14.3. The van der Waals surface area contributed by atoms with E-state index >= 15 is 0 Å². The van der Waals surface area contributed by atoms with E-state index in [0.717, 1.165) is 6.42 Å². The highest BCUT2D eigenvalue weighted by Crippen LogP contribution is 2.29. The Bertz CT molecular complexity index is 281. The Kier molecular flexibility index (Phi) is 7.22. The summed E-state index contributed by atoms with van der Waals surface area (Å²) in [7, 11) is 1.48. The number of methoxy groups -OCH3 is 1. The molecule has 1 rings (SSSR count). The molecule has 0 saturated heterocycles. The van der Waals surface area contributed by atoms with E-state index in [9.17, 15) is 4.79 Å². The van der Waals surface area contributed by atoms with Crippen LogP contribution in [0.3, 0.4) is 0 Å². The first-order valence-corrected chi connectivity index (χ1v) is 8.54. The molecule has 0 aromatic carbocycles. The standard InChI is InChI=1S/C15H29NO2S/c1-5-6-7-10-19-12(2)11-15(3,14(17)18-4)16-13-8-9-13/h12-13,16H,5-11H2,1-4H3. The fourth-order valence-corrected chi connectivity index (χ4v) is 3.60. The highest BCUT2D eigenvalue weighted by molar-refractivity contribution is 7.99. The lowest BCUT2D eigenvalue weighted by molar-refractivity contribution is -0.148. The third kappa shape index (κ3) is 6.17. The van der Waals surface area contributed by atoms with Gasteiger partial charge < -0.3 is 4.74 Å². The summed E-state index contributed by atoms with van der Waals surface area (Å²) in [5.41, 5.74) is -0.521. The molecule has 1 aliphatic rings. The van der Waals surface area contributed by atoms with Crippen LogP contribution in [-0.4, -0.2) is 35.7 Å². The summed E-state index contributed by atoms with van der Waals surface area (Å²) in [5, 5.41) is 3.94. The molecule has 0 bridgehead atoms. The number of nitrogens with one attached hydrogen (secondary N) is 1. The second kappa shape index (κ2) is 8.15. The zero-order valence-electron chi connectivity index (χ0n) is 12.8. The topological polar surface area (TPSA) is 38.3 Å². The normalized spacial score (nSPS) is 19.8. The SMILES string of the molecule is CCCCCSC(C)CC(C)(NC1CC1)C(=O)OC. The molecule has 3 nitrogen and oxygen atoms in total. The number of rotatable bonds is 10. The van der Waals surface area contributed by atoms with Crippen molar-refractivity contribution >= 4 is 17.7 Å². The van der Waals surface area contributed by atoms with Crippen LogP contribution >= 0.6 is 11.8 Å². The minimum Gasteiger partial charge on any atom is -0.468 e. The molecule has 0 radical (unpaired) electrons. The predicted octanol–water partition coefficient (Wildman–Crippen LogP) is 3.37. The number of esters is 1. The molecular formula is C15H29NO2S. The Hall–Kier alpha value is -0.220. The second-order valence-electron chi connectivity index (χ2n) is 5.83. The van der Waals surface area contributed by atoms with Crippen LogP contribution in [0.2, 0.25) is 0 Å². The summed E-state index contributed by atoms with van der Waals surface area (Å²) in [4.78, 5) is 12.0. The van der Waals surface area contributed by atoms with Crippen molar-refractivity contribution in [3.8, 4) is 0 Å². The number of carbonyl (C=O) groups excluding carboxylic acids is 1. The van der Waals surface area contributed by atoms with Crippen LogP contribution in [0.25, 0.3) is 0 Å². The number of unbranched alkanes of at least 4 members (excludes halogenated alkanes) is 2. The third-order valence-corrected chi connectivity index (χ3v) is 4.84. The maximum atomic E-state index is 12.0. The smallest absolute Gasteiger partial charge is 0.325 e. The highest BCUT2D eigenvalue weighted by Gasteiger charge is 2.40. The number of carbonyl (C=O) groups is 1. The summed E-state index contributed by atoms with van der Waals surface area (Å²) in [6, 6.07) is 0.515. The van der Waals surface area contributed by atoms with Gasteiger partial charge in [0.05, 0.1) is 7.11 Å². The fourth-order valence-electron chi connectivity index (χ4n) is 2.38. The van der Waals surface area contributed by atoms with Crippen molar-refractivity contribution < 1.29 is 9.53 Å². The molecule has 2 atom stereocenters. The molecule has 0 amide bonds. The first kappa shape index (κ1) is 16.8. The summed E-state index contributed by atoms with van der Waals surface area (Å²) >= 11 is 1.97. The fraction of sp³-hybridized carbons (Fsp3) is 0.933. The maximum absolute atomic E-state index is 12.0. The molecule has 1 fully saturated rings. The highest BCUT2D eigenvalue weighted by atomic mass is 32.2. The van der Waals surface area contributed by atoms with Gasteiger partial charge in [-0.3, -0.25) is 10.1 Å². The van der Waals surface area contributed by atoms with Crippen LogP contribution in [0.15, 0.2) is 0 Å². The van der Waals surface area contributed by atoms with Gasteiger partial charge in [0.1, 0.15) is 5.54 Å². The Morgan fingerprint density at radius 1 is 1.47 bits per heavy atom. The lowest BCUT2D eigenvalue weighted by Crippen LogP contribution is -2.52. The van der Waals surface area contributed by atoms with Gasteiger partial charge in [-0.15, -0.1) is 0 Å². The van der Waals surface area contributed by atoms with Gasteiger partial charge in [-0.2, -0.15) is 11.8 Å². The van der Waals surface area contributed by atoms with Crippen LogP contribution in [0.1, 0.15) is 59.3 Å². The molecule has 1 saturated carbocycles. The molecular weight excluding hydrogens is 258 g/mol. The number of ether oxygens (including phenoxy) is 1. The van der Waals surface area contributed by atoms with Gasteiger partial charge >= 0.3 is 5.97 Å². The molecule has 1 N–H and O–H groups in total. The van der Waals surface area contributed by atoms with Crippen molar-refractivity contribution in [1.82, 2.24) is 5.32 Å². The van der Waals surface area contributed by atoms with E-state index in [-0.39, 0.29) is 5.97 Å². The van der Waals surface area contributed by atoms with Gasteiger partial charge in [-0.05, 0) is 38.4 Å². The van der Waals surface area contributed by atoms with E-state index < -0.39 is 5.54 Å². The van der Waals surface area contributed by atoms with E-state index in [0.29, 0.717) is 11.3 Å². The van der Waals surface area contributed by atoms with Crippen molar-refractivity contribution in [2.45, 2.75) is 76.1 Å². The Labute approximate surface area is 122 Å². The van der Waals surface area contributed by atoms with Crippen molar-refractivity contribution in [3.63, 3.8) is 0 Å². The number of hydrogen-bond acceptors (Lipinski definition) is 4.